The second-order valence-corrected chi connectivity index (χ2v) is 9.52. The number of rotatable bonds is 5. The van der Waals surface area contributed by atoms with Crippen LogP contribution < -0.4 is 5.32 Å². The van der Waals surface area contributed by atoms with E-state index in [0.717, 1.165) is 18.0 Å². The average molecular weight is 387 g/mol. The highest BCUT2D eigenvalue weighted by Gasteiger charge is 2.36. The first-order valence-electron chi connectivity index (χ1n) is 11.8. The van der Waals surface area contributed by atoms with E-state index in [1.807, 2.05) is 6.20 Å². The van der Waals surface area contributed by atoms with Crippen LogP contribution in [-0.2, 0) is 0 Å². The second kappa shape index (κ2) is 8.82. The quantitative estimate of drug-likeness (QED) is 0.834. The van der Waals surface area contributed by atoms with Crippen molar-refractivity contribution in [3.8, 4) is 0 Å². The topological polar surface area (TPSA) is 39.6 Å². The van der Waals surface area contributed by atoms with Crippen molar-refractivity contribution in [2.24, 2.45) is 5.92 Å². The summed E-state index contributed by atoms with van der Waals surface area (Å²) in [5.74, 6) is 0.833. The SMILES string of the molecule is c1cnn(C2CCN(C3CNCCC3CN3CCC(N4CCCC4)C3)CC2)c1. The van der Waals surface area contributed by atoms with Crippen molar-refractivity contribution in [3.05, 3.63) is 18.5 Å². The van der Waals surface area contributed by atoms with E-state index >= 15 is 0 Å². The van der Waals surface area contributed by atoms with E-state index in [2.05, 4.69) is 42.1 Å². The molecule has 4 aliphatic heterocycles. The summed E-state index contributed by atoms with van der Waals surface area (Å²) >= 11 is 0. The van der Waals surface area contributed by atoms with Gasteiger partial charge in [-0.15, -0.1) is 0 Å². The smallest absolute Gasteiger partial charge is 0.0543 e. The van der Waals surface area contributed by atoms with Gasteiger partial charge in [0.05, 0.1) is 6.04 Å². The van der Waals surface area contributed by atoms with Gasteiger partial charge in [0.2, 0.25) is 0 Å². The fourth-order valence-electron chi connectivity index (χ4n) is 6.23. The van der Waals surface area contributed by atoms with Crippen LogP contribution in [0.25, 0.3) is 0 Å². The lowest BCUT2D eigenvalue weighted by atomic mass is 9.89. The predicted octanol–water partition coefficient (Wildman–Crippen LogP) is 1.67. The largest absolute Gasteiger partial charge is 0.315 e. The van der Waals surface area contributed by atoms with Gasteiger partial charge < -0.3 is 10.2 Å². The third-order valence-corrected chi connectivity index (χ3v) is 7.85. The van der Waals surface area contributed by atoms with Gasteiger partial charge in [0.25, 0.3) is 0 Å². The summed E-state index contributed by atoms with van der Waals surface area (Å²) in [5, 5.41) is 8.17. The average Bonchev–Trinajstić information content (AvgIpc) is 3.50. The monoisotopic (exact) mass is 386 g/mol. The maximum absolute atomic E-state index is 4.48. The zero-order valence-electron chi connectivity index (χ0n) is 17.4. The van der Waals surface area contributed by atoms with Gasteiger partial charge in [0.15, 0.2) is 0 Å². The minimum absolute atomic E-state index is 0.598. The van der Waals surface area contributed by atoms with Gasteiger partial charge in [-0.3, -0.25) is 14.5 Å². The lowest BCUT2D eigenvalue weighted by Crippen LogP contribution is -2.55. The van der Waals surface area contributed by atoms with Crippen molar-refractivity contribution in [2.75, 3.05) is 58.9 Å². The number of hydrogen-bond acceptors (Lipinski definition) is 5. The lowest BCUT2D eigenvalue weighted by molar-refractivity contribution is 0.0610. The van der Waals surface area contributed by atoms with Gasteiger partial charge in [0.1, 0.15) is 0 Å². The number of hydrogen-bond donors (Lipinski definition) is 1. The fraction of sp³-hybridized carbons (Fsp3) is 0.864. The van der Waals surface area contributed by atoms with E-state index in [9.17, 15) is 0 Å². The molecule has 4 fully saturated rings. The van der Waals surface area contributed by atoms with Gasteiger partial charge in [-0.1, -0.05) is 0 Å². The molecule has 6 heteroatoms. The Labute approximate surface area is 170 Å². The van der Waals surface area contributed by atoms with Crippen molar-refractivity contribution in [2.45, 2.75) is 56.7 Å². The molecule has 1 aromatic heterocycles. The van der Waals surface area contributed by atoms with Crippen molar-refractivity contribution in [1.82, 2.24) is 29.8 Å². The van der Waals surface area contributed by atoms with Gasteiger partial charge >= 0.3 is 0 Å². The van der Waals surface area contributed by atoms with E-state index in [4.69, 9.17) is 0 Å². The number of nitrogens with one attached hydrogen (secondary N) is 1. The van der Waals surface area contributed by atoms with Crippen LogP contribution in [0.4, 0.5) is 0 Å². The van der Waals surface area contributed by atoms with Crippen LogP contribution in [0.3, 0.4) is 0 Å². The van der Waals surface area contributed by atoms with Crippen molar-refractivity contribution >= 4 is 0 Å². The normalized spacial score (nSPS) is 34.4. The van der Waals surface area contributed by atoms with Crippen LogP contribution >= 0.6 is 0 Å². The first kappa shape index (κ1) is 19.0. The second-order valence-electron chi connectivity index (χ2n) is 9.52. The number of nitrogens with zero attached hydrogens (tertiary/aromatic N) is 5. The molecular weight excluding hydrogens is 348 g/mol. The summed E-state index contributed by atoms with van der Waals surface area (Å²) in [7, 11) is 0. The molecule has 4 saturated heterocycles. The summed E-state index contributed by atoms with van der Waals surface area (Å²) in [4.78, 5) is 8.35. The minimum atomic E-state index is 0.598. The van der Waals surface area contributed by atoms with E-state index in [0.29, 0.717) is 6.04 Å². The van der Waals surface area contributed by atoms with Crippen LogP contribution in [0, 0.1) is 5.92 Å². The highest BCUT2D eigenvalue weighted by molar-refractivity contribution is 4.93. The molecule has 0 saturated carbocycles. The van der Waals surface area contributed by atoms with Crippen molar-refractivity contribution < 1.29 is 0 Å². The molecule has 6 nitrogen and oxygen atoms in total. The first-order valence-corrected chi connectivity index (χ1v) is 11.8. The number of aromatic nitrogens is 2. The maximum atomic E-state index is 4.48. The highest BCUT2D eigenvalue weighted by atomic mass is 15.3. The van der Waals surface area contributed by atoms with E-state index < -0.39 is 0 Å². The molecule has 5 rings (SSSR count). The van der Waals surface area contributed by atoms with Crippen LogP contribution in [0.2, 0.25) is 0 Å². The molecule has 156 valence electrons. The Bertz CT molecular complexity index is 590. The van der Waals surface area contributed by atoms with Crippen molar-refractivity contribution in [3.63, 3.8) is 0 Å². The molecule has 1 aromatic rings. The van der Waals surface area contributed by atoms with Gasteiger partial charge in [-0.2, -0.15) is 5.10 Å². The molecule has 0 bridgehead atoms. The molecular formula is C22H38N6. The van der Waals surface area contributed by atoms with E-state index in [1.54, 1.807) is 0 Å². The van der Waals surface area contributed by atoms with Crippen LogP contribution in [0.5, 0.6) is 0 Å². The molecule has 28 heavy (non-hydrogen) atoms. The summed E-state index contributed by atoms with van der Waals surface area (Å²) in [6.45, 7) is 11.5. The lowest BCUT2D eigenvalue weighted by Gasteiger charge is -2.44. The Morgan fingerprint density at radius 1 is 0.893 bits per heavy atom. The van der Waals surface area contributed by atoms with Gasteiger partial charge in [0, 0.05) is 57.2 Å². The standard InChI is InChI=1S/C22H38N6/c1-2-11-26(10-1)21-5-13-25(18-21)17-19-4-9-23-16-22(19)27-14-6-20(7-15-27)28-12-3-8-24-28/h3,8,12,19-23H,1-2,4-7,9-11,13-18H2. The molecule has 3 atom stereocenters. The van der Waals surface area contributed by atoms with Crippen LogP contribution in [0.1, 0.15) is 44.6 Å². The van der Waals surface area contributed by atoms with Crippen LogP contribution in [0.15, 0.2) is 18.5 Å². The Morgan fingerprint density at radius 3 is 2.50 bits per heavy atom. The molecule has 5 heterocycles. The van der Waals surface area contributed by atoms with E-state index in [-0.39, 0.29) is 0 Å². The third kappa shape index (κ3) is 4.16. The summed E-state index contributed by atoms with van der Waals surface area (Å²) in [5.41, 5.74) is 0. The van der Waals surface area contributed by atoms with Crippen molar-refractivity contribution in [1.29, 1.82) is 0 Å². The molecule has 0 spiro atoms. The fourth-order valence-corrected chi connectivity index (χ4v) is 6.23. The maximum Gasteiger partial charge on any atom is 0.0543 e. The summed E-state index contributed by atoms with van der Waals surface area (Å²) in [6.07, 6.45) is 12.1. The van der Waals surface area contributed by atoms with Crippen LogP contribution in [-0.4, -0.2) is 95.5 Å². The first-order chi connectivity index (χ1) is 13.9. The zero-order valence-corrected chi connectivity index (χ0v) is 17.4. The number of piperidine rings is 2. The molecule has 0 radical (unpaired) electrons. The highest BCUT2D eigenvalue weighted by Crippen LogP contribution is 2.29. The van der Waals surface area contributed by atoms with Gasteiger partial charge in [-0.25, -0.2) is 0 Å². The Balaban J connectivity index is 1.14. The van der Waals surface area contributed by atoms with Gasteiger partial charge in [-0.05, 0) is 76.7 Å². The molecule has 1 N–H and O–H groups in total. The molecule has 0 amide bonds. The predicted molar refractivity (Wildman–Crippen MR) is 112 cm³/mol. The molecule has 4 aliphatic rings. The number of likely N-dealkylation sites (tertiary alicyclic amines) is 3. The van der Waals surface area contributed by atoms with E-state index in [1.165, 1.54) is 97.4 Å². The zero-order chi connectivity index (χ0) is 18.8. The molecule has 3 unspecified atom stereocenters. The third-order valence-electron chi connectivity index (χ3n) is 7.85. The Morgan fingerprint density at radius 2 is 1.71 bits per heavy atom. The minimum Gasteiger partial charge on any atom is -0.315 e. The molecule has 0 aromatic carbocycles. The summed E-state index contributed by atoms with van der Waals surface area (Å²) < 4.78 is 2.18. The summed E-state index contributed by atoms with van der Waals surface area (Å²) in [6, 6.07) is 4.21. The Kier molecular flexibility index (Phi) is 6.00. The molecule has 0 aliphatic carbocycles. The Hall–Kier alpha value is -0.950.